The van der Waals surface area contributed by atoms with Crippen LogP contribution in [0, 0.1) is 18.7 Å². The molecular formula is C24H37FN4. The van der Waals surface area contributed by atoms with Gasteiger partial charge in [0.2, 0.25) is 0 Å². The number of halogens is 1. The van der Waals surface area contributed by atoms with Gasteiger partial charge in [0.1, 0.15) is 5.82 Å². The molecule has 2 aliphatic heterocycles. The Morgan fingerprint density at radius 2 is 1.83 bits per heavy atom. The first-order valence-electron chi connectivity index (χ1n) is 10.9. The topological polar surface area (TPSA) is 13.0 Å². The Hall–Kier alpha value is -2.17. The fourth-order valence-corrected chi connectivity index (χ4v) is 4.00. The lowest BCUT2D eigenvalue weighted by molar-refractivity contribution is 0.314. The number of hydrogen-bond donors (Lipinski definition) is 0. The lowest BCUT2D eigenvalue weighted by Crippen LogP contribution is -2.45. The molecule has 0 atom stereocenters. The Kier molecular flexibility index (Phi) is 7.09. The Bertz CT molecular complexity index is 732. The molecule has 1 saturated carbocycles. The maximum Gasteiger partial charge on any atom is 0.146 e. The van der Waals surface area contributed by atoms with Gasteiger partial charge >= 0.3 is 0 Å². The predicted octanol–water partition coefficient (Wildman–Crippen LogP) is 4.64. The molecule has 1 aromatic carbocycles. The molecule has 0 spiro atoms. The van der Waals surface area contributed by atoms with E-state index in [0.29, 0.717) is 0 Å². The van der Waals surface area contributed by atoms with Crippen LogP contribution in [0.2, 0.25) is 0 Å². The molecule has 2 heterocycles. The highest BCUT2D eigenvalue weighted by Gasteiger charge is 2.26. The van der Waals surface area contributed by atoms with Gasteiger partial charge < -0.3 is 19.6 Å². The van der Waals surface area contributed by atoms with Gasteiger partial charge in [0.05, 0.1) is 12.4 Å². The van der Waals surface area contributed by atoms with E-state index in [0.717, 1.165) is 56.4 Å². The molecule has 2 fully saturated rings. The van der Waals surface area contributed by atoms with Crippen molar-refractivity contribution >= 4 is 5.69 Å². The van der Waals surface area contributed by atoms with Crippen LogP contribution in [0.15, 0.2) is 42.4 Å². The maximum absolute atomic E-state index is 13.9. The number of rotatable bonds is 5. The van der Waals surface area contributed by atoms with Crippen molar-refractivity contribution in [1.29, 1.82) is 0 Å². The first-order chi connectivity index (χ1) is 13.9. The van der Waals surface area contributed by atoms with Crippen molar-refractivity contribution in [2.45, 2.75) is 39.5 Å². The van der Waals surface area contributed by atoms with E-state index in [2.05, 4.69) is 53.4 Å². The van der Waals surface area contributed by atoms with Crippen LogP contribution in [0.1, 0.15) is 38.2 Å². The molecule has 1 saturated heterocycles. The largest absolute Gasteiger partial charge is 0.372 e. The van der Waals surface area contributed by atoms with Crippen molar-refractivity contribution in [2.24, 2.45) is 5.92 Å². The molecule has 29 heavy (non-hydrogen) atoms. The smallest absolute Gasteiger partial charge is 0.146 e. The lowest BCUT2D eigenvalue weighted by Gasteiger charge is -2.38. The van der Waals surface area contributed by atoms with Gasteiger partial charge in [0.15, 0.2) is 0 Å². The molecule has 0 radical (unpaired) electrons. The average Bonchev–Trinajstić information content (AvgIpc) is 3.45. The summed E-state index contributed by atoms with van der Waals surface area (Å²) in [4.78, 5) is 9.01. The summed E-state index contributed by atoms with van der Waals surface area (Å²) in [6.07, 6.45) is 7.47. The van der Waals surface area contributed by atoms with Gasteiger partial charge in [-0.1, -0.05) is 19.6 Å². The highest BCUT2D eigenvalue weighted by molar-refractivity contribution is 5.49. The zero-order chi connectivity index (χ0) is 21.0. The van der Waals surface area contributed by atoms with Crippen LogP contribution in [-0.2, 0) is 0 Å². The molecule has 1 aliphatic carbocycles. The van der Waals surface area contributed by atoms with Crippen LogP contribution in [0.4, 0.5) is 10.1 Å². The second-order valence-electron chi connectivity index (χ2n) is 8.71. The molecule has 160 valence electrons. The van der Waals surface area contributed by atoms with Crippen LogP contribution < -0.4 is 4.90 Å². The van der Waals surface area contributed by atoms with Crippen molar-refractivity contribution in [1.82, 2.24) is 14.7 Å². The zero-order valence-corrected chi connectivity index (χ0v) is 18.6. The van der Waals surface area contributed by atoms with E-state index in [1.54, 1.807) is 6.07 Å². The fourth-order valence-electron chi connectivity index (χ4n) is 4.00. The number of allylic oxidation sites excluding steroid dienone is 2. The van der Waals surface area contributed by atoms with E-state index in [-0.39, 0.29) is 5.82 Å². The number of benzene rings is 1. The summed E-state index contributed by atoms with van der Waals surface area (Å²) in [5.41, 5.74) is 4.39. The molecular weight excluding hydrogens is 363 g/mol. The summed E-state index contributed by atoms with van der Waals surface area (Å²) < 4.78 is 13.9. The van der Waals surface area contributed by atoms with Crippen LogP contribution in [0.25, 0.3) is 0 Å². The van der Waals surface area contributed by atoms with E-state index in [1.807, 2.05) is 19.1 Å². The predicted molar refractivity (Wildman–Crippen MR) is 120 cm³/mol. The normalized spacial score (nSPS) is 19.1. The summed E-state index contributed by atoms with van der Waals surface area (Å²) in [6, 6.07) is 5.46. The molecule has 0 amide bonds. The fraction of sp³-hybridized carbons (Fsp3) is 0.583. The van der Waals surface area contributed by atoms with Gasteiger partial charge in [-0.25, -0.2) is 4.39 Å². The van der Waals surface area contributed by atoms with Gasteiger partial charge in [0.25, 0.3) is 0 Å². The Balaban J connectivity index is 0.000000186. The second kappa shape index (κ2) is 9.55. The summed E-state index contributed by atoms with van der Waals surface area (Å²) in [5, 5.41) is 0. The summed E-state index contributed by atoms with van der Waals surface area (Å²) in [6.45, 7) is 12.7. The molecule has 4 nitrogen and oxygen atoms in total. The van der Waals surface area contributed by atoms with E-state index < -0.39 is 0 Å². The van der Waals surface area contributed by atoms with E-state index in [1.165, 1.54) is 30.7 Å². The SMILES string of the molecule is C=C(CC)N1CCN(c2ccc(C)cc2F)CC1.CN1C=C(CC2CC2)N(C)C1. The molecule has 1 aromatic rings. The third-order valence-electron chi connectivity index (χ3n) is 6.07. The van der Waals surface area contributed by atoms with Crippen molar-refractivity contribution < 1.29 is 4.39 Å². The third kappa shape index (κ3) is 5.91. The van der Waals surface area contributed by atoms with E-state index >= 15 is 0 Å². The number of nitrogens with zero attached hydrogens (tertiary/aromatic N) is 4. The Morgan fingerprint density at radius 1 is 1.14 bits per heavy atom. The van der Waals surface area contributed by atoms with Crippen LogP contribution in [-0.4, -0.2) is 61.6 Å². The zero-order valence-electron chi connectivity index (χ0n) is 18.6. The summed E-state index contributed by atoms with van der Waals surface area (Å²) in [7, 11) is 4.31. The highest BCUT2D eigenvalue weighted by atomic mass is 19.1. The summed E-state index contributed by atoms with van der Waals surface area (Å²) in [5.74, 6) is 0.896. The van der Waals surface area contributed by atoms with Crippen molar-refractivity contribution in [3.8, 4) is 0 Å². The van der Waals surface area contributed by atoms with Gasteiger partial charge in [-0.2, -0.15) is 0 Å². The lowest BCUT2D eigenvalue weighted by atomic mass is 10.2. The average molecular weight is 401 g/mol. The van der Waals surface area contributed by atoms with Crippen molar-refractivity contribution in [2.75, 3.05) is 51.8 Å². The minimum absolute atomic E-state index is 0.113. The molecule has 0 bridgehead atoms. The van der Waals surface area contributed by atoms with Gasteiger partial charge in [0, 0.05) is 57.9 Å². The minimum Gasteiger partial charge on any atom is -0.372 e. The van der Waals surface area contributed by atoms with Crippen LogP contribution in [0.3, 0.4) is 0 Å². The molecule has 3 aliphatic rings. The van der Waals surface area contributed by atoms with Crippen molar-refractivity contribution in [3.63, 3.8) is 0 Å². The van der Waals surface area contributed by atoms with Gasteiger partial charge in [-0.05, 0) is 56.2 Å². The number of hydrogen-bond acceptors (Lipinski definition) is 4. The molecule has 0 unspecified atom stereocenters. The van der Waals surface area contributed by atoms with E-state index in [4.69, 9.17) is 0 Å². The van der Waals surface area contributed by atoms with Crippen molar-refractivity contribution in [3.05, 3.63) is 53.8 Å². The standard InChI is InChI=1S/C15H21FN2.C9H16N2/c1-4-13(3)17-7-9-18(10-8-17)15-6-5-12(2)11-14(15)16;1-10-6-9(11(2)7-10)5-8-3-4-8/h5-6,11H,3-4,7-10H2,1-2H3;6,8H,3-5,7H2,1-2H3. The van der Waals surface area contributed by atoms with Crippen LogP contribution >= 0.6 is 0 Å². The molecule has 0 aromatic heterocycles. The first kappa shape index (κ1) is 21.5. The Morgan fingerprint density at radius 3 is 2.34 bits per heavy atom. The number of aryl methyl sites for hydroxylation is 1. The molecule has 5 heteroatoms. The summed E-state index contributed by atoms with van der Waals surface area (Å²) >= 11 is 0. The van der Waals surface area contributed by atoms with Gasteiger partial charge in [-0.15, -0.1) is 0 Å². The van der Waals surface area contributed by atoms with E-state index in [9.17, 15) is 4.39 Å². The monoisotopic (exact) mass is 400 g/mol. The van der Waals surface area contributed by atoms with Gasteiger partial charge in [-0.3, -0.25) is 0 Å². The maximum atomic E-state index is 13.9. The molecule has 0 N–H and O–H groups in total. The number of anilines is 1. The minimum atomic E-state index is -0.113. The van der Waals surface area contributed by atoms with Crippen LogP contribution in [0.5, 0.6) is 0 Å². The second-order valence-corrected chi connectivity index (χ2v) is 8.71. The highest BCUT2D eigenvalue weighted by Crippen LogP contribution is 2.36. The Labute approximate surface area is 176 Å². The third-order valence-corrected chi connectivity index (χ3v) is 6.07. The number of piperazine rings is 1. The first-order valence-corrected chi connectivity index (χ1v) is 10.9. The molecule has 4 rings (SSSR count). The quantitative estimate of drug-likeness (QED) is 0.714.